The summed E-state index contributed by atoms with van der Waals surface area (Å²) < 4.78 is 26.4. The number of anilines is 2. The molecule has 7 nitrogen and oxygen atoms in total. The van der Waals surface area contributed by atoms with Gasteiger partial charge in [0.05, 0.1) is 30.6 Å². The SMILES string of the molecule is CCCCOc1ccc([C@H]2[C@H]3C(=O)N(c4ccccc4F)C(=O)[C@H]3ON2c2ccccc2)cc1OCC. The Hall–Kier alpha value is -3.91. The molecule has 3 atom stereocenters. The number of hydrogen-bond donors (Lipinski definition) is 0. The van der Waals surface area contributed by atoms with Crippen LogP contribution in [0.4, 0.5) is 15.8 Å². The molecule has 37 heavy (non-hydrogen) atoms. The first kappa shape index (κ1) is 24.8. The van der Waals surface area contributed by atoms with Crippen LogP contribution in [-0.2, 0) is 14.4 Å². The summed E-state index contributed by atoms with van der Waals surface area (Å²) in [6.07, 6.45) is 0.830. The Morgan fingerprint density at radius 1 is 0.892 bits per heavy atom. The van der Waals surface area contributed by atoms with Gasteiger partial charge < -0.3 is 9.47 Å². The molecule has 3 aromatic rings. The lowest BCUT2D eigenvalue weighted by Gasteiger charge is -2.29. The van der Waals surface area contributed by atoms with Gasteiger partial charge in [-0.25, -0.2) is 14.4 Å². The molecule has 5 rings (SSSR count). The molecular formula is C29H29FN2O5. The normalized spacial score (nSPS) is 20.9. The van der Waals surface area contributed by atoms with Gasteiger partial charge in [0.15, 0.2) is 17.6 Å². The largest absolute Gasteiger partial charge is 0.490 e. The molecule has 0 N–H and O–H groups in total. The van der Waals surface area contributed by atoms with Gasteiger partial charge in [0.1, 0.15) is 11.7 Å². The number of ether oxygens (including phenoxy) is 2. The summed E-state index contributed by atoms with van der Waals surface area (Å²) in [7, 11) is 0. The van der Waals surface area contributed by atoms with E-state index in [1.807, 2.05) is 55.5 Å². The molecule has 2 aliphatic heterocycles. The second-order valence-electron chi connectivity index (χ2n) is 8.96. The number of halogens is 1. The lowest BCUT2D eigenvalue weighted by Crippen LogP contribution is -2.37. The number of fused-ring (bicyclic) bond motifs is 1. The Labute approximate surface area is 215 Å². The van der Waals surface area contributed by atoms with Gasteiger partial charge in [-0.1, -0.05) is 49.7 Å². The van der Waals surface area contributed by atoms with Crippen molar-refractivity contribution in [3.63, 3.8) is 0 Å². The van der Waals surface area contributed by atoms with Crippen LogP contribution in [0.1, 0.15) is 38.3 Å². The first-order chi connectivity index (χ1) is 18.0. The van der Waals surface area contributed by atoms with E-state index in [2.05, 4.69) is 6.92 Å². The van der Waals surface area contributed by atoms with Crippen LogP contribution in [0.5, 0.6) is 11.5 Å². The van der Waals surface area contributed by atoms with Crippen molar-refractivity contribution in [2.75, 3.05) is 23.2 Å². The van der Waals surface area contributed by atoms with Crippen LogP contribution >= 0.6 is 0 Å². The number of benzene rings is 3. The molecule has 0 bridgehead atoms. The molecule has 8 heteroatoms. The smallest absolute Gasteiger partial charge is 0.266 e. The molecule has 0 spiro atoms. The van der Waals surface area contributed by atoms with Gasteiger partial charge in [-0.3, -0.25) is 14.4 Å². The van der Waals surface area contributed by atoms with Crippen LogP contribution in [0.2, 0.25) is 0 Å². The van der Waals surface area contributed by atoms with Crippen molar-refractivity contribution in [1.29, 1.82) is 0 Å². The summed E-state index contributed by atoms with van der Waals surface area (Å²) in [5.41, 5.74) is 1.34. The number of carbonyl (C=O) groups excluding carboxylic acids is 2. The highest BCUT2D eigenvalue weighted by molar-refractivity contribution is 6.24. The Balaban J connectivity index is 1.56. The van der Waals surface area contributed by atoms with Gasteiger partial charge in [0, 0.05) is 0 Å². The predicted octanol–water partition coefficient (Wildman–Crippen LogP) is 5.45. The van der Waals surface area contributed by atoms with Crippen LogP contribution in [0, 0.1) is 11.7 Å². The maximum atomic E-state index is 14.6. The quantitative estimate of drug-likeness (QED) is 0.285. The first-order valence-electron chi connectivity index (χ1n) is 12.6. The summed E-state index contributed by atoms with van der Waals surface area (Å²) in [6, 6.07) is 19.9. The van der Waals surface area contributed by atoms with Crippen molar-refractivity contribution in [2.45, 2.75) is 38.8 Å². The van der Waals surface area contributed by atoms with Crippen molar-refractivity contribution in [3.8, 4) is 11.5 Å². The summed E-state index contributed by atoms with van der Waals surface area (Å²) in [5, 5.41) is 1.60. The Morgan fingerprint density at radius 2 is 1.65 bits per heavy atom. The van der Waals surface area contributed by atoms with E-state index < -0.39 is 35.7 Å². The molecule has 0 unspecified atom stereocenters. The van der Waals surface area contributed by atoms with E-state index in [4.69, 9.17) is 14.3 Å². The van der Waals surface area contributed by atoms with E-state index in [-0.39, 0.29) is 5.69 Å². The lowest BCUT2D eigenvalue weighted by atomic mass is 9.90. The lowest BCUT2D eigenvalue weighted by molar-refractivity contribution is -0.126. The average Bonchev–Trinajstić information content (AvgIpc) is 3.42. The number of nitrogens with zero attached hydrogens (tertiary/aromatic N) is 2. The number of rotatable bonds is 9. The molecule has 2 fully saturated rings. The molecule has 0 saturated carbocycles. The minimum absolute atomic E-state index is 0.0739. The third kappa shape index (κ3) is 4.53. The van der Waals surface area contributed by atoms with Crippen LogP contribution in [0.15, 0.2) is 72.8 Å². The van der Waals surface area contributed by atoms with Crippen molar-refractivity contribution in [3.05, 3.63) is 84.2 Å². The zero-order valence-electron chi connectivity index (χ0n) is 20.8. The number of hydroxylamine groups is 1. The van der Waals surface area contributed by atoms with E-state index in [9.17, 15) is 14.0 Å². The number of carbonyl (C=O) groups is 2. The molecule has 2 heterocycles. The van der Waals surface area contributed by atoms with E-state index in [0.29, 0.717) is 30.4 Å². The highest BCUT2D eigenvalue weighted by atomic mass is 19.1. The standard InChI is InChI=1S/C29H29FN2O5/c1-3-5-17-36-23-16-15-19(18-24(23)35-4-2)26-25-27(37-32(26)20-11-7-6-8-12-20)29(34)31(28(25)33)22-14-10-9-13-21(22)30/h6-16,18,25-27H,3-5,17H2,1-2H3/t25-,26+,27+/m1/s1. The van der Waals surface area contributed by atoms with Gasteiger partial charge >= 0.3 is 0 Å². The number of unbranched alkanes of at least 4 members (excludes halogenated alkanes) is 1. The molecular weight excluding hydrogens is 475 g/mol. The second kappa shape index (κ2) is 10.6. The van der Waals surface area contributed by atoms with Gasteiger partial charge in [-0.15, -0.1) is 0 Å². The van der Waals surface area contributed by atoms with Gasteiger partial charge in [-0.2, -0.15) is 0 Å². The summed E-state index contributed by atoms with van der Waals surface area (Å²) >= 11 is 0. The fourth-order valence-corrected chi connectivity index (χ4v) is 4.85. The van der Waals surface area contributed by atoms with E-state index >= 15 is 0 Å². The third-order valence-electron chi connectivity index (χ3n) is 6.58. The molecule has 0 radical (unpaired) electrons. The molecule has 192 valence electrons. The maximum Gasteiger partial charge on any atom is 0.266 e. The van der Waals surface area contributed by atoms with Crippen LogP contribution in [0.3, 0.4) is 0 Å². The van der Waals surface area contributed by atoms with Crippen molar-refractivity contribution in [1.82, 2.24) is 0 Å². The summed E-state index contributed by atoms with van der Waals surface area (Å²) in [4.78, 5) is 34.2. The van der Waals surface area contributed by atoms with E-state index in [1.165, 1.54) is 18.2 Å². The van der Waals surface area contributed by atoms with Crippen LogP contribution in [0.25, 0.3) is 0 Å². The predicted molar refractivity (Wildman–Crippen MR) is 137 cm³/mol. The zero-order valence-corrected chi connectivity index (χ0v) is 20.8. The van der Waals surface area contributed by atoms with Gasteiger partial charge in [-0.05, 0) is 55.3 Å². The molecule has 0 aromatic heterocycles. The van der Waals surface area contributed by atoms with Crippen molar-refractivity contribution < 1.29 is 28.3 Å². The van der Waals surface area contributed by atoms with Crippen LogP contribution < -0.4 is 19.4 Å². The topological polar surface area (TPSA) is 68.3 Å². The monoisotopic (exact) mass is 504 g/mol. The molecule has 2 saturated heterocycles. The minimum Gasteiger partial charge on any atom is -0.490 e. The number of amides is 2. The van der Waals surface area contributed by atoms with Gasteiger partial charge in [0.2, 0.25) is 5.91 Å². The number of para-hydroxylation sites is 2. The van der Waals surface area contributed by atoms with Crippen LogP contribution in [-0.4, -0.2) is 31.1 Å². The Kier molecular flexibility index (Phi) is 7.10. The highest BCUT2D eigenvalue weighted by Crippen LogP contribution is 2.49. The maximum absolute atomic E-state index is 14.6. The molecule has 2 aliphatic rings. The third-order valence-corrected chi connectivity index (χ3v) is 6.58. The molecule has 0 aliphatic carbocycles. The Bertz CT molecular complexity index is 1280. The van der Waals surface area contributed by atoms with E-state index in [0.717, 1.165) is 23.3 Å². The second-order valence-corrected chi connectivity index (χ2v) is 8.96. The summed E-state index contributed by atoms with van der Waals surface area (Å²) in [5.74, 6) is -1.46. The number of imide groups is 1. The van der Waals surface area contributed by atoms with Gasteiger partial charge in [0.25, 0.3) is 5.91 Å². The fourth-order valence-electron chi connectivity index (χ4n) is 4.85. The number of hydrogen-bond acceptors (Lipinski definition) is 6. The first-order valence-corrected chi connectivity index (χ1v) is 12.6. The molecule has 2 amide bonds. The van der Waals surface area contributed by atoms with Crippen molar-refractivity contribution >= 4 is 23.2 Å². The Morgan fingerprint density at radius 3 is 2.38 bits per heavy atom. The minimum atomic E-state index is -1.09. The molecule has 3 aromatic carbocycles. The highest BCUT2D eigenvalue weighted by Gasteiger charge is 2.60. The average molecular weight is 505 g/mol. The fraction of sp³-hybridized carbons (Fsp3) is 0.310. The zero-order chi connectivity index (χ0) is 25.9. The summed E-state index contributed by atoms with van der Waals surface area (Å²) in [6.45, 7) is 4.98. The van der Waals surface area contributed by atoms with E-state index in [1.54, 1.807) is 11.1 Å². The van der Waals surface area contributed by atoms with Crippen molar-refractivity contribution in [2.24, 2.45) is 5.92 Å².